The van der Waals surface area contributed by atoms with Crippen molar-refractivity contribution in [3.05, 3.63) is 120 Å². The molecule has 7 rings (SSSR count). The van der Waals surface area contributed by atoms with E-state index in [1.807, 2.05) is 0 Å². The summed E-state index contributed by atoms with van der Waals surface area (Å²) in [5.74, 6) is 0. The fourth-order valence-electron chi connectivity index (χ4n) is 5.27. The van der Waals surface area contributed by atoms with E-state index in [4.69, 9.17) is 4.98 Å². The number of pyridine rings is 1. The molecule has 0 atom stereocenters. The van der Waals surface area contributed by atoms with Gasteiger partial charge in [-0.15, -0.1) is 0 Å². The molecule has 1 aliphatic rings. The first kappa shape index (κ1) is 18.4. The number of benzene rings is 5. The van der Waals surface area contributed by atoms with Gasteiger partial charge in [-0.25, -0.2) is 4.98 Å². The topological polar surface area (TPSA) is 12.9 Å². The third kappa shape index (κ3) is 2.83. The molecule has 154 valence electrons. The molecule has 0 unspecified atom stereocenters. The molecule has 1 aromatic heterocycles. The molecule has 1 heterocycles. The van der Waals surface area contributed by atoms with E-state index in [-0.39, 0.29) is 0 Å². The van der Waals surface area contributed by atoms with Gasteiger partial charge in [0, 0.05) is 27.5 Å². The Morgan fingerprint density at radius 1 is 0.606 bits per heavy atom. The van der Waals surface area contributed by atoms with Crippen LogP contribution in [0.3, 0.4) is 0 Å². The highest BCUT2D eigenvalue weighted by molar-refractivity contribution is 6.13. The van der Waals surface area contributed by atoms with Crippen LogP contribution in [0.25, 0.3) is 60.9 Å². The number of allylic oxidation sites excluding steroid dienone is 1. The van der Waals surface area contributed by atoms with E-state index in [9.17, 15) is 0 Å². The van der Waals surface area contributed by atoms with Crippen molar-refractivity contribution in [3.63, 3.8) is 0 Å². The second-order valence-corrected chi connectivity index (χ2v) is 8.76. The van der Waals surface area contributed by atoms with Crippen LogP contribution in [0.1, 0.15) is 11.1 Å². The Kier molecular flexibility index (Phi) is 3.97. The van der Waals surface area contributed by atoms with E-state index in [2.05, 4.69) is 115 Å². The van der Waals surface area contributed by atoms with Gasteiger partial charge in [0.15, 0.2) is 0 Å². The predicted molar refractivity (Wildman–Crippen MR) is 140 cm³/mol. The molecule has 0 fully saturated rings. The lowest BCUT2D eigenvalue weighted by Gasteiger charge is -2.17. The van der Waals surface area contributed by atoms with Crippen molar-refractivity contribution >= 4 is 38.5 Å². The molecule has 0 spiro atoms. The highest BCUT2D eigenvalue weighted by atomic mass is 14.7. The van der Waals surface area contributed by atoms with Gasteiger partial charge in [-0.2, -0.15) is 0 Å². The summed E-state index contributed by atoms with van der Waals surface area (Å²) >= 11 is 0. The molecule has 33 heavy (non-hydrogen) atoms. The summed E-state index contributed by atoms with van der Waals surface area (Å²) in [6.45, 7) is 0. The fraction of sp³-hybridized carbons (Fsp3) is 0.0312. The maximum Gasteiger partial charge on any atom is 0.0794 e. The van der Waals surface area contributed by atoms with Crippen LogP contribution in [0.2, 0.25) is 0 Å². The lowest BCUT2D eigenvalue weighted by atomic mass is 9.89. The Morgan fingerprint density at radius 2 is 1.36 bits per heavy atom. The molecule has 0 saturated heterocycles. The van der Waals surface area contributed by atoms with Crippen molar-refractivity contribution in [3.8, 4) is 22.4 Å². The largest absolute Gasteiger partial charge is 0.246 e. The molecule has 0 amide bonds. The molecule has 0 aliphatic heterocycles. The maximum absolute atomic E-state index is 5.34. The zero-order valence-corrected chi connectivity index (χ0v) is 18.1. The average molecular weight is 420 g/mol. The van der Waals surface area contributed by atoms with Crippen LogP contribution in [0.5, 0.6) is 0 Å². The standard InChI is InChI=1S/C32H21N/c1-2-11-24-20-25(17-16-21(24)8-1)30-28-15-7-12-22-9-3-5-13-26(22)31(28)33-32-27-14-6-4-10-23(27)18-19-29(30)32/h1-11,13-20H,12H2. The summed E-state index contributed by atoms with van der Waals surface area (Å²) in [7, 11) is 0. The van der Waals surface area contributed by atoms with Gasteiger partial charge >= 0.3 is 0 Å². The minimum Gasteiger partial charge on any atom is -0.246 e. The van der Waals surface area contributed by atoms with E-state index in [1.54, 1.807) is 0 Å². The van der Waals surface area contributed by atoms with Crippen LogP contribution >= 0.6 is 0 Å². The molecule has 1 aliphatic carbocycles. The third-order valence-corrected chi connectivity index (χ3v) is 6.85. The molecular formula is C32H21N. The molecule has 1 nitrogen and oxygen atoms in total. The van der Waals surface area contributed by atoms with Crippen molar-refractivity contribution in [2.45, 2.75) is 6.42 Å². The highest BCUT2D eigenvalue weighted by Gasteiger charge is 2.20. The summed E-state index contributed by atoms with van der Waals surface area (Å²) in [6, 6.07) is 37.1. The zero-order valence-electron chi connectivity index (χ0n) is 18.1. The van der Waals surface area contributed by atoms with E-state index in [1.165, 1.54) is 54.7 Å². The van der Waals surface area contributed by atoms with E-state index in [0.717, 1.165) is 17.6 Å². The Bertz CT molecular complexity index is 1740. The molecule has 1 heteroatoms. The lowest BCUT2D eigenvalue weighted by molar-refractivity contribution is 1.28. The summed E-state index contributed by atoms with van der Waals surface area (Å²) in [5, 5.41) is 6.14. The normalized spacial score (nSPS) is 12.6. The fourth-order valence-corrected chi connectivity index (χ4v) is 5.27. The molecular weight excluding hydrogens is 398 g/mol. The molecule has 5 aromatic carbocycles. The van der Waals surface area contributed by atoms with E-state index >= 15 is 0 Å². The number of hydrogen-bond donors (Lipinski definition) is 0. The first-order chi connectivity index (χ1) is 16.4. The lowest BCUT2D eigenvalue weighted by Crippen LogP contribution is -1.97. The molecule has 0 radical (unpaired) electrons. The average Bonchev–Trinajstić information content (AvgIpc) is 3.06. The number of fused-ring (bicyclic) bond motifs is 7. The number of hydrogen-bond acceptors (Lipinski definition) is 1. The van der Waals surface area contributed by atoms with Crippen LogP contribution in [0.15, 0.2) is 109 Å². The van der Waals surface area contributed by atoms with Crippen molar-refractivity contribution in [2.75, 3.05) is 0 Å². The SMILES string of the molecule is C1=Cc2c(nc3c(ccc4ccccc43)c2-c2ccc3ccccc3c2)-c2ccccc2C1. The second-order valence-electron chi connectivity index (χ2n) is 8.76. The quantitative estimate of drug-likeness (QED) is 0.244. The number of rotatable bonds is 1. The van der Waals surface area contributed by atoms with Gasteiger partial charge in [0.25, 0.3) is 0 Å². The van der Waals surface area contributed by atoms with Crippen molar-refractivity contribution in [1.82, 2.24) is 4.98 Å². The second kappa shape index (κ2) is 7.15. The third-order valence-electron chi connectivity index (χ3n) is 6.85. The summed E-state index contributed by atoms with van der Waals surface area (Å²) < 4.78 is 0. The first-order valence-corrected chi connectivity index (χ1v) is 11.5. The van der Waals surface area contributed by atoms with Crippen molar-refractivity contribution in [2.24, 2.45) is 0 Å². The van der Waals surface area contributed by atoms with Crippen molar-refractivity contribution in [1.29, 1.82) is 0 Å². The number of nitrogens with zero attached hydrogens (tertiary/aromatic N) is 1. The van der Waals surface area contributed by atoms with Crippen LogP contribution < -0.4 is 0 Å². The maximum atomic E-state index is 5.34. The molecule has 0 bridgehead atoms. The Hall–Kier alpha value is -4.23. The monoisotopic (exact) mass is 419 g/mol. The Labute approximate surface area is 192 Å². The zero-order chi connectivity index (χ0) is 21.8. The molecule has 6 aromatic rings. The van der Waals surface area contributed by atoms with Gasteiger partial charge in [-0.05, 0) is 39.8 Å². The van der Waals surface area contributed by atoms with Gasteiger partial charge in [-0.1, -0.05) is 109 Å². The first-order valence-electron chi connectivity index (χ1n) is 11.5. The summed E-state index contributed by atoms with van der Waals surface area (Å²) in [5.41, 5.74) is 8.40. The van der Waals surface area contributed by atoms with Crippen LogP contribution in [-0.2, 0) is 6.42 Å². The van der Waals surface area contributed by atoms with E-state index in [0.29, 0.717) is 0 Å². The minimum absolute atomic E-state index is 0.917. The smallest absolute Gasteiger partial charge is 0.0794 e. The van der Waals surface area contributed by atoms with Gasteiger partial charge in [-0.3, -0.25) is 0 Å². The molecule has 0 N–H and O–H groups in total. The minimum atomic E-state index is 0.917. The van der Waals surface area contributed by atoms with Gasteiger partial charge in [0.1, 0.15) is 0 Å². The van der Waals surface area contributed by atoms with Crippen LogP contribution in [-0.4, -0.2) is 4.98 Å². The van der Waals surface area contributed by atoms with Crippen LogP contribution in [0.4, 0.5) is 0 Å². The molecule has 0 saturated carbocycles. The summed E-state index contributed by atoms with van der Waals surface area (Å²) in [6.07, 6.45) is 5.48. The van der Waals surface area contributed by atoms with Crippen LogP contribution in [0, 0.1) is 0 Å². The Morgan fingerprint density at radius 3 is 2.30 bits per heavy atom. The van der Waals surface area contributed by atoms with Gasteiger partial charge in [0.05, 0.1) is 11.2 Å². The highest BCUT2D eigenvalue weighted by Crippen LogP contribution is 2.42. The Balaban J connectivity index is 1.67. The summed E-state index contributed by atoms with van der Waals surface area (Å²) in [4.78, 5) is 5.34. The van der Waals surface area contributed by atoms with E-state index < -0.39 is 0 Å². The van der Waals surface area contributed by atoms with Gasteiger partial charge < -0.3 is 0 Å². The number of aromatic nitrogens is 1. The van der Waals surface area contributed by atoms with Gasteiger partial charge in [0.2, 0.25) is 0 Å². The predicted octanol–water partition coefficient (Wildman–Crippen LogP) is 8.44. The van der Waals surface area contributed by atoms with Crippen molar-refractivity contribution < 1.29 is 0 Å².